The molecule has 3 heterocycles. The molecule has 0 N–H and O–H groups in total. The van der Waals surface area contributed by atoms with Crippen LogP contribution in [0.4, 0.5) is 4.39 Å². The van der Waals surface area contributed by atoms with Crippen molar-refractivity contribution in [2.24, 2.45) is 0 Å². The van der Waals surface area contributed by atoms with Gasteiger partial charge in [-0.1, -0.05) is 6.08 Å². The van der Waals surface area contributed by atoms with Crippen LogP contribution in [0.1, 0.15) is 36.2 Å². The lowest BCUT2D eigenvalue weighted by atomic mass is 10.0. The number of fused-ring (bicyclic) bond motifs is 2. The molecule has 0 radical (unpaired) electrons. The van der Waals surface area contributed by atoms with Crippen LogP contribution >= 0.6 is 0 Å². The standard InChI is InChI=1S/C21H19FN4O3/c1-29-19(28)5-2-14(27)6-8-26-9-7-16-20(24-12-25-21(16)26)15-3-4-18-17(15)10-13(22)11-23-18/h3,7,9-12H,2,4-6,8H2,1H3. The number of rotatable bonds is 7. The van der Waals surface area contributed by atoms with E-state index in [1.165, 1.54) is 25.7 Å². The number of hydrogen-bond donors (Lipinski definition) is 0. The van der Waals surface area contributed by atoms with E-state index < -0.39 is 5.97 Å². The van der Waals surface area contributed by atoms with Gasteiger partial charge in [0.25, 0.3) is 0 Å². The molecule has 0 saturated heterocycles. The van der Waals surface area contributed by atoms with Gasteiger partial charge in [0.05, 0.1) is 31.1 Å². The highest BCUT2D eigenvalue weighted by molar-refractivity contribution is 5.95. The predicted octanol–water partition coefficient (Wildman–Crippen LogP) is 2.87. The van der Waals surface area contributed by atoms with Crippen molar-refractivity contribution in [2.45, 2.75) is 32.2 Å². The highest BCUT2D eigenvalue weighted by Gasteiger charge is 2.21. The Hall–Kier alpha value is -3.42. The number of hydrogen-bond acceptors (Lipinski definition) is 6. The molecule has 1 aliphatic rings. The van der Waals surface area contributed by atoms with E-state index in [0.29, 0.717) is 25.0 Å². The smallest absolute Gasteiger partial charge is 0.305 e. The molecule has 0 bridgehead atoms. The van der Waals surface area contributed by atoms with Gasteiger partial charge in [-0.3, -0.25) is 14.6 Å². The van der Waals surface area contributed by atoms with Crippen LogP contribution in [-0.2, 0) is 27.3 Å². The van der Waals surface area contributed by atoms with E-state index in [9.17, 15) is 14.0 Å². The number of esters is 1. The fraction of sp³-hybridized carbons (Fsp3) is 0.286. The van der Waals surface area contributed by atoms with E-state index in [1.807, 2.05) is 22.9 Å². The van der Waals surface area contributed by atoms with Gasteiger partial charge in [-0.05, 0) is 12.1 Å². The maximum atomic E-state index is 13.7. The zero-order valence-corrected chi connectivity index (χ0v) is 15.9. The maximum Gasteiger partial charge on any atom is 0.305 e. The summed E-state index contributed by atoms with van der Waals surface area (Å²) in [7, 11) is 1.30. The van der Waals surface area contributed by atoms with Crippen molar-refractivity contribution in [3.8, 4) is 0 Å². The number of carbonyl (C=O) groups is 2. The fourth-order valence-electron chi connectivity index (χ4n) is 3.51. The number of pyridine rings is 1. The summed E-state index contributed by atoms with van der Waals surface area (Å²) < 4.78 is 20.1. The Morgan fingerprint density at radius 1 is 1.21 bits per heavy atom. The highest BCUT2D eigenvalue weighted by atomic mass is 19.1. The van der Waals surface area contributed by atoms with Crippen LogP contribution in [0, 0.1) is 5.82 Å². The SMILES string of the molecule is COC(=O)CCC(=O)CCn1ccc2c(C3=CCc4ncc(F)cc43)ncnc21. The topological polar surface area (TPSA) is 87.0 Å². The summed E-state index contributed by atoms with van der Waals surface area (Å²) in [4.78, 5) is 36.1. The summed E-state index contributed by atoms with van der Waals surface area (Å²) in [6.07, 6.45) is 7.72. The molecule has 0 saturated carbocycles. The minimum absolute atomic E-state index is 0.0134. The number of ether oxygens (including phenoxy) is 1. The first-order valence-electron chi connectivity index (χ1n) is 9.30. The Morgan fingerprint density at radius 3 is 2.90 bits per heavy atom. The molecular formula is C21H19FN4O3. The van der Waals surface area contributed by atoms with Crippen LogP contribution in [0.3, 0.4) is 0 Å². The van der Waals surface area contributed by atoms with E-state index >= 15 is 0 Å². The molecule has 4 rings (SSSR count). The molecule has 0 aromatic carbocycles. The molecule has 0 unspecified atom stereocenters. The molecule has 0 amide bonds. The number of methoxy groups -OCH3 is 1. The van der Waals surface area contributed by atoms with Crippen molar-refractivity contribution >= 4 is 28.4 Å². The van der Waals surface area contributed by atoms with Crippen molar-refractivity contribution in [3.05, 3.63) is 59.7 Å². The van der Waals surface area contributed by atoms with Crippen LogP contribution in [0.2, 0.25) is 0 Å². The first-order valence-corrected chi connectivity index (χ1v) is 9.30. The average Bonchev–Trinajstić information content (AvgIpc) is 3.34. The van der Waals surface area contributed by atoms with E-state index in [0.717, 1.165) is 27.9 Å². The van der Waals surface area contributed by atoms with Crippen molar-refractivity contribution < 1.29 is 18.7 Å². The Bertz CT molecular complexity index is 1140. The number of aryl methyl sites for hydroxylation is 1. The van der Waals surface area contributed by atoms with Gasteiger partial charge in [0.2, 0.25) is 0 Å². The second-order valence-electron chi connectivity index (χ2n) is 6.80. The van der Waals surface area contributed by atoms with Gasteiger partial charge in [0.1, 0.15) is 23.6 Å². The molecule has 0 aliphatic heterocycles. The van der Waals surface area contributed by atoms with Crippen molar-refractivity contribution in [2.75, 3.05) is 7.11 Å². The van der Waals surface area contributed by atoms with E-state index in [2.05, 4.69) is 19.7 Å². The summed E-state index contributed by atoms with van der Waals surface area (Å²) in [5.41, 5.74) is 3.83. The third-order valence-corrected chi connectivity index (χ3v) is 5.00. The van der Waals surface area contributed by atoms with Crippen molar-refractivity contribution in [3.63, 3.8) is 0 Å². The zero-order chi connectivity index (χ0) is 20.4. The second kappa shape index (κ2) is 7.90. The van der Waals surface area contributed by atoms with E-state index in [1.54, 1.807) is 0 Å². The van der Waals surface area contributed by atoms with Gasteiger partial charge in [0, 0.05) is 48.5 Å². The molecular weight excluding hydrogens is 375 g/mol. The highest BCUT2D eigenvalue weighted by Crippen LogP contribution is 2.34. The molecule has 148 valence electrons. The number of aromatic nitrogens is 4. The summed E-state index contributed by atoms with van der Waals surface area (Å²) in [6, 6.07) is 3.38. The molecule has 1 aliphatic carbocycles. The normalized spacial score (nSPS) is 12.7. The zero-order valence-electron chi connectivity index (χ0n) is 15.9. The van der Waals surface area contributed by atoms with Crippen LogP contribution in [0.15, 0.2) is 36.9 Å². The molecule has 0 atom stereocenters. The number of carbonyl (C=O) groups excluding carboxylic acids is 2. The predicted molar refractivity (Wildman–Crippen MR) is 103 cm³/mol. The van der Waals surface area contributed by atoms with Gasteiger partial charge < -0.3 is 9.30 Å². The molecule has 29 heavy (non-hydrogen) atoms. The third kappa shape index (κ3) is 3.78. The van der Waals surface area contributed by atoms with Crippen molar-refractivity contribution in [1.29, 1.82) is 0 Å². The second-order valence-corrected chi connectivity index (χ2v) is 6.80. The third-order valence-electron chi connectivity index (χ3n) is 5.00. The molecule has 8 heteroatoms. The van der Waals surface area contributed by atoms with Gasteiger partial charge in [-0.15, -0.1) is 0 Å². The monoisotopic (exact) mass is 394 g/mol. The Morgan fingerprint density at radius 2 is 2.07 bits per heavy atom. The van der Waals surface area contributed by atoms with Gasteiger partial charge in [-0.2, -0.15) is 0 Å². The maximum absolute atomic E-state index is 13.7. The van der Waals surface area contributed by atoms with Crippen LogP contribution in [-0.4, -0.2) is 38.4 Å². The molecule has 3 aromatic heterocycles. The summed E-state index contributed by atoms with van der Waals surface area (Å²) in [5, 5.41) is 0.831. The number of halogens is 1. The summed E-state index contributed by atoms with van der Waals surface area (Å²) in [5.74, 6) is -0.788. The van der Waals surface area contributed by atoms with Crippen LogP contribution in [0.25, 0.3) is 16.6 Å². The van der Waals surface area contributed by atoms with Gasteiger partial charge in [0.15, 0.2) is 0 Å². The molecule has 7 nitrogen and oxygen atoms in total. The van der Waals surface area contributed by atoms with Crippen molar-refractivity contribution in [1.82, 2.24) is 19.5 Å². The lowest BCUT2D eigenvalue weighted by Gasteiger charge is -2.08. The molecule has 0 spiro atoms. The Kier molecular flexibility index (Phi) is 5.16. The molecule has 0 fully saturated rings. The van der Waals surface area contributed by atoms with Crippen LogP contribution < -0.4 is 0 Å². The largest absolute Gasteiger partial charge is 0.469 e. The quantitative estimate of drug-likeness (QED) is 0.573. The number of ketones is 1. The average molecular weight is 394 g/mol. The lowest BCUT2D eigenvalue weighted by molar-refractivity contribution is -0.141. The minimum Gasteiger partial charge on any atom is -0.469 e. The van der Waals surface area contributed by atoms with E-state index in [-0.39, 0.29) is 24.4 Å². The van der Waals surface area contributed by atoms with E-state index in [4.69, 9.17) is 0 Å². The first kappa shape index (κ1) is 18.9. The lowest BCUT2D eigenvalue weighted by Crippen LogP contribution is -2.09. The van der Waals surface area contributed by atoms with Crippen LogP contribution in [0.5, 0.6) is 0 Å². The molecule has 3 aromatic rings. The summed E-state index contributed by atoms with van der Waals surface area (Å²) >= 11 is 0. The summed E-state index contributed by atoms with van der Waals surface area (Å²) in [6.45, 7) is 0.450. The fourth-order valence-corrected chi connectivity index (χ4v) is 3.51. The number of allylic oxidation sites excluding steroid dienone is 1. The van der Waals surface area contributed by atoms with Gasteiger partial charge in [-0.25, -0.2) is 14.4 Å². The number of Topliss-reactive ketones (excluding diaryl/α,β-unsaturated/α-hetero) is 1. The Labute approximate surface area is 166 Å². The van der Waals surface area contributed by atoms with Gasteiger partial charge >= 0.3 is 5.97 Å². The minimum atomic E-state index is -0.391. The Balaban J connectivity index is 1.55. The first-order chi connectivity index (χ1) is 14.1. The number of nitrogens with zero attached hydrogens (tertiary/aromatic N) is 4.